The number of aryl methyl sites for hydroxylation is 1. The van der Waals surface area contributed by atoms with Gasteiger partial charge in [-0.1, -0.05) is 29.8 Å². The number of nitrogens with one attached hydrogen (secondary N) is 1. The molecular weight excluding hydrogens is 232 g/mol. The van der Waals surface area contributed by atoms with Gasteiger partial charge in [0.25, 0.3) is 5.91 Å². The summed E-state index contributed by atoms with van der Waals surface area (Å²) in [6, 6.07) is 8.06. The average molecular weight is 246 g/mol. The molecule has 0 aliphatic carbocycles. The number of thiophene rings is 1. The van der Waals surface area contributed by atoms with Gasteiger partial charge < -0.3 is 11.1 Å². The number of amides is 1. The fraction of sp³-hybridized carbons (Fsp3) is 0.154. The van der Waals surface area contributed by atoms with Crippen LogP contribution in [0.3, 0.4) is 0 Å². The highest BCUT2D eigenvalue weighted by Crippen LogP contribution is 2.34. The third-order valence-electron chi connectivity index (χ3n) is 2.63. The number of carbonyl (C=O) groups excluding carboxylic acids is 1. The van der Waals surface area contributed by atoms with Crippen molar-refractivity contribution in [1.82, 2.24) is 0 Å². The third kappa shape index (κ3) is 2.17. The first kappa shape index (κ1) is 11.7. The van der Waals surface area contributed by atoms with Gasteiger partial charge in [0, 0.05) is 18.0 Å². The summed E-state index contributed by atoms with van der Waals surface area (Å²) in [7, 11) is 1.79. The highest BCUT2D eigenvalue weighted by molar-refractivity contribution is 7.15. The van der Waals surface area contributed by atoms with Crippen LogP contribution in [-0.2, 0) is 0 Å². The monoisotopic (exact) mass is 246 g/mol. The van der Waals surface area contributed by atoms with E-state index in [4.69, 9.17) is 5.73 Å². The molecular formula is C13H14N2OS. The number of hydrogen-bond acceptors (Lipinski definition) is 3. The van der Waals surface area contributed by atoms with Crippen molar-refractivity contribution in [1.29, 1.82) is 0 Å². The number of hydrogen-bond donors (Lipinski definition) is 2. The molecule has 0 bridgehead atoms. The van der Waals surface area contributed by atoms with Crippen molar-refractivity contribution in [3.8, 4) is 11.1 Å². The Morgan fingerprint density at radius 3 is 2.47 bits per heavy atom. The zero-order valence-corrected chi connectivity index (χ0v) is 10.6. The van der Waals surface area contributed by atoms with Crippen molar-refractivity contribution in [3.63, 3.8) is 0 Å². The van der Waals surface area contributed by atoms with Crippen LogP contribution < -0.4 is 11.1 Å². The van der Waals surface area contributed by atoms with Crippen molar-refractivity contribution in [3.05, 3.63) is 40.8 Å². The molecule has 1 heterocycles. The Morgan fingerprint density at radius 1 is 1.29 bits per heavy atom. The van der Waals surface area contributed by atoms with E-state index in [1.165, 1.54) is 16.9 Å². The van der Waals surface area contributed by atoms with Gasteiger partial charge in [-0.15, -0.1) is 11.3 Å². The Labute approximate surface area is 104 Å². The lowest BCUT2D eigenvalue weighted by atomic mass is 10.0. The molecule has 2 rings (SSSR count). The molecule has 1 aromatic heterocycles. The van der Waals surface area contributed by atoms with Gasteiger partial charge in [0.1, 0.15) is 5.00 Å². The molecule has 2 aromatic rings. The fourth-order valence-corrected chi connectivity index (χ4v) is 2.67. The maximum atomic E-state index is 11.5. The number of primary amides is 1. The van der Waals surface area contributed by atoms with E-state index in [1.54, 1.807) is 7.05 Å². The number of carbonyl (C=O) groups is 1. The Morgan fingerprint density at radius 2 is 1.94 bits per heavy atom. The van der Waals surface area contributed by atoms with Crippen LogP contribution in [-0.4, -0.2) is 13.0 Å². The summed E-state index contributed by atoms with van der Waals surface area (Å²) in [4.78, 5) is 11.5. The minimum absolute atomic E-state index is 0.397. The molecule has 0 aliphatic rings. The lowest BCUT2D eigenvalue weighted by Gasteiger charge is -2.04. The van der Waals surface area contributed by atoms with Crippen LogP contribution in [0.15, 0.2) is 29.6 Å². The van der Waals surface area contributed by atoms with Crippen molar-refractivity contribution in [2.24, 2.45) is 5.73 Å². The lowest BCUT2D eigenvalue weighted by Crippen LogP contribution is -2.12. The predicted molar refractivity (Wildman–Crippen MR) is 72.6 cm³/mol. The zero-order valence-electron chi connectivity index (χ0n) is 9.78. The molecule has 0 spiro atoms. The summed E-state index contributed by atoms with van der Waals surface area (Å²) in [5.41, 5.74) is 9.11. The van der Waals surface area contributed by atoms with Crippen LogP contribution >= 0.6 is 11.3 Å². The summed E-state index contributed by atoms with van der Waals surface area (Å²) >= 11 is 1.49. The Hall–Kier alpha value is -1.81. The first-order chi connectivity index (χ1) is 8.13. The maximum absolute atomic E-state index is 11.5. The topological polar surface area (TPSA) is 55.1 Å². The molecule has 0 saturated carbocycles. The van der Waals surface area contributed by atoms with Crippen molar-refractivity contribution >= 4 is 22.2 Å². The van der Waals surface area contributed by atoms with Gasteiger partial charge >= 0.3 is 0 Å². The van der Waals surface area contributed by atoms with Gasteiger partial charge in [0.2, 0.25) is 0 Å². The molecule has 0 atom stereocenters. The number of rotatable bonds is 3. The number of nitrogens with two attached hydrogens (primary N) is 1. The quantitative estimate of drug-likeness (QED) is 0.875. The minimum Gasteiger partial charge on any atom is -0.379 e. The standard InChI is InChI=1S/C13H14N2OS/c1-8-3-5-9(6-4-8)10-7-17-13(15-2)11(10)12(14)16/h3-7,15H,1-2H3,(H2,14,16). The molecule has 0 unspecified atom stereocenters. The first-order valence-corrected chi connectivity index (χ1v) is 6.17. The lowest BCUT2D eigenvalue weighted by molar-refractivity contribution is 0.100. The van der Waals surface area contributed by atoms with Crippen molar-refractivity contribution in [2.75, 3.05) is 12.4 Å². The van der Waals surface area contributed by atoms with E-state index in [0.717, 1.165) is 16.1 Å². The van der Waals surface area contributed by atoms with Gasteiger partial charge in [0.15, 0.2) is 0 Å². The van der Waals surface area contributed by atoms with E-state index < -0.39 is 5.91 Å². The summed E-state index contributed by atoms with van der Waals surface area (Å²) in [6.45, 7) is 2.03. The van der Waals surface area contributed by atoms with Crippen LogP contribution in [0.25, 0.3) is 11.1 Å². The molecule has 0 radical (unpaired) electrons. The van der Waals surface area contributed by atoms with Gasteiger partial charge in [0.05, 0.1) is 5.56 Å². The Kier molecular flexibility index (Phi) is 3.15. The fourth-order valence-electron chi connectivity index (χ4n) is 1.73. The van der Waals surface area contributed by atoms with Crippen molar-refractivity contribution < 1.29 is 4.79 Å². The summed E-state index contributed by atoms with van der Waals surface area (Å²) < 4.78 is 0. The maximum Gasteiger partial charge on any atom is 0.252 e. The average Bonchev–Trinajstić information content (AvgIpc) is 2.73. The van der Waals surface area contributed by atoms with E-state index in [0.29, 0.717) is 5.56 Å². The van der Waals surface area contributed by atoms with Crippen LogP contribution in [0, 0.1) is 6.92 Å². The number of anilines is 1. The summed E-state index contributed by atoms with van der Waals surface area (Å²) in [5.74, 6) is -0.397. The molecule has 3 nitrogen and oxygen atoms in total. The molecule has 1 amide bonds. The molecule has 4 heteroatoms. The largest absolute Gasteiger partial charge is 0.379 e. The Balaban J connectivity index is 2.55. The minimum atomic E-state index is -0.397. The first-order valence-electron chi connectivity index (χ1n) is 5.29. The van der Waals surface area contributed by atoms with Crippen molar-refractivity contribution in [2.45, 2.75) is 6.92 Å². The van der Waals surface area contributed by atoms with Gasteiger partial charge in [-0.25, -0.2) is 0 Å². The van der Waals surface area contributed by atoms with Gasteiger partial charge in [-0.2, -0.15) is 0 Å². The normalized spacial score (nSPS) is 10.2. The molecule has 3 N–H and O–H groups in total. The molecule has 1 aromatic carbocycles. The molecule has 88 valence electrons. The van der Waals surface area contributed by atoms with Crippen LogP contribution in [0.4, 0.5) is 5.00 Å². The molecule has 0 aliphatic heterocycles. The van der Waals surface area contributed by atoms with E-state index in [1.807, 2.05) is 36.6 Å². The summed E-state index contributed by atoms with van der Waals surface area (Å²) in [5, 5.41) is 5.76. The van der Waals surface area contributed by atoms with Crippen LogP contribution in [0.1, 0.15) is 15.9 Å². The third-order valence-corrected chi connectivity index (χ3v) is 3.62. The van der Waals surface area contributed by atoms with E-state index in [-0.39, 0.29) is 0 Å². The second-order valence-corrected chi connectivity index (χ2v) is 4.71. The second-order valence-electron chi connectivity index (χ2n) is 3.83. The smallest absolute Gasteiger partial charge is 0.252 e. The number of benzene rings is 1. The van der Waals surface area contributed by atoms with Gasteiger partial charge in [-0.05, 0) is 12.5 Å². The van der Waals surface area contributed by atoms with Gasteiger partial charge in [-0.3, -0.25) is 4.79 Å². The summed E-state index contributed by atoms with van der Waals surface area (Å²) in [6.07, 6.45) is 0. The highest BCUT2D eigenvalue weighted by Gasteiger charge is 2.16. The Bertz CT molecular complexity index is 543. The molecule has 0 saturated heterocycles. The highest BCUT2D eigenvalue weighted by atomic mass is 32.1. The van der Waals surface area contributed by atoms with E-state index >= 15 is 0 Å². The second kappa shape index (κ2) is 4.59. The van der Waals surface area contributed by atoms with E-state index in [2.05, 4.69) is 5.32 Å². The van der Waals surface area contributed by atoms with E-state index in [9.17, 15) is 4.79 Å². The molecule has 17 heavy (non-hydrogen) atoms. The zero-order chi connectivity index (χ0) is 12.4. The predicted octanol–water partition coefficient (Wildman–Crippen LogP) is 2.86. The SMILES string of the molecule is CNc1scc(-c2ccc(C)cc2)c1C(N)=O. The van der Waals surface area contributed by atoms with Crippen LogP contribution in [0.2, 0.25) is 0 Å². The van der Waals surface area contributed by atoms with Crippen LogP contribution in [0.5, 0.6) is 0 Å². The molecule has 0 fully saturated rings.